The molecule has 0 unspecified atom stereocenters. The zero-order valence-electron chi connectivity index (χ0n) is 15.2. The SMILES string of the molecule is O=S1(=O)CC2(CCCN([C@H]3CC[C@H](c4ccc(C(F)(F)F)nc4)CC3)C2)C1. The summed E-state index contributed by atoms with van der Waals surface area (Å²) in [5.74, 6) is 0.936. The lowest BCUT2D eigenvalue weighted by atomic mass is 9.78. The minimum absolute atomic E-state index is 0.0225. The first-order chi connectivity index (χ1) is 12.7. The number of aromatic nitrogens is 1. The highest BCUT2D eigenvalue weighted by molar-refractivity contribution is 7.92. The van der Waals surface area contributed by atoms with Crippen LogP contribution < -0.4 is 0 Å². The predicted molar refractivity (Wildman–Crippen MR) is 96.1 cm³/mol. The van der Waals surface area contributed by atoms with Crippen LogP contribution in [0.1, 0.15) is 55.7 Å². The number of hydrogen-bond donors (Lipinski definition) is 0. The van der Waals surface area contributed by atoms with E-state index in [4.69, 9.17) is 0 Å². The topological polar surface area (TPSA) is 50.3 Å². The van der Waals surface area contributed by atoms with Gasteiger partial charge >= 0.3 is 6.18 Å². The molecule has 8 heteroatoms. The van der Waals surface area contributed by atoms with Gasteiger partial charge < -0.3 is 0 Å². The lowest BCUT2D eigenvalue weighted by Gasteiger charge is -2.51. The molecular formula is C19H25F3N2O2S. The Labute approximate surface area is 158 Å². The van der Waals surface area contributed by atoms with Gasteiger partial charge in [0.05, 0.1) is 11.5 Å². The fourth-order valence-electron chi connectivity index (χ4n) is 5.27. The first-order valence-electron chi connectivity index (χ1n) is 9.64. The first-order valence-corrected chi connectivity index (χ1v) is 11.5. The second-order valence-corrected chi connectivity index (χ2v) is 10.7. The number of halogens is 3. The van der Waals surface area contributed by atoms with Crippen LogP contribution in [0.3, 0.4) is 0 Å². The van der Waals surface area contributed by atoms with E-state index in [1.165, 1.54) is 6.20 Å². The fourth-order valence-corrected chi connectivity index (χ4v) is 7.53. The Morgan fingerprint density at radius 2 is 1.81 bits per heavy atom. The van der Waals surface area contributed by atoms with Crippen molar-refractivity contribution in [2.45, 2.75) is 56.7 Å². The van der Waals surface area contributed by atoms with Gasteiger partial charge in [-0.3, -0.25) is 9.88 Å². The average molecular weight is 402 g/mol. The van der Waals surface area contributed by atoms with Crippen molar-refractivity contribution in [3.8, 4) is 0 Å². The number of pyridine rings is 1. The van der Waals surface area contributed by atoms with Crippen molar-refractivity contribution in [3.05, 3.63) is 29.6 Å². The lowest BCUT2D eigenvalue weighted by Crippen LogP contribution is -2.59. The fraction of sp³-hybridized carbons (Fsp3) is 0.737. The zero-order valence-corrected chi connectivity index (χ0v) is 16.0. The van der Waals surface area contributed by atoms with E-state index in [9.17, 15) is 21.6 Å². The third-order valence-electron chi connectivity index (χ3n) is 6.50. The summed E-state index contributed by atoms with van der Waals surface area (Å²) in [6.45, 7) is 1.91. The van der Waals surface area contributed by atoms with E-state index in [1.54, 1.807) is 6.07 Å². The van der Waals surface area contributed by atoms with Crippen LogP contribution in [0.2, 0.25) is 0 Å². The average Bonchev–Trinajstić information content (AvgIpc) is 2.60. The van der Waals surface area contributed by atoms with Gasteiger partial charge in [0.2, 0.25) is 0 Å². The molecule has 3 heterocycles. The van der Waals surface area contributed by atoms with Crippen LogP contribution in [0, 0.1) is 5.41 Å². The van der Waals surface area contributed by atoms with Crippen molar-refractivity contribution in [1.82, 2.24) is 9.88 Å². The minimum atomic E-state index is -4.39. The molecule has 0 N–H and O–H groups in total. The summed E-state index contributed by atoms with van der Waals surface area (Å²) in [4.78, 5) is 6.06. The van der Waals surface area contributed by atoms with Gasteiger partial charge in [0.1, 0.15) is 5.69 Å². The van der Waals surface area contributed by atoms with Gasteiger partial charge in [0.25, 0.3) is 0 Å². The standard InChI is InChI=1S/C19H25F3N2O2S/c20-19(21,22)17-7-4-15(10-23-17)14-2-5-16(6-3-14)24-9-1-8-18(11-24)12-27(25,26)13-18/h4,7,10,14,16H,1-3,5-6,8-9,11-13H2/t14-,16-. The van der Waals surface area contributed by atoms with Crippen LogP contribution in [0.5, 0.6) is 0 Å². The van der Waals surface area contributed by atoms with Crippen molar-refractivity contribution >= 4 is 9.84 Å². The molecule has 27 heavy (non-hydrogen) atoms. The van der Waals surface area contributed by atoms with Crippen LogP contribution in [-0.4, -0.2) is 48.9 Å². The maximum absolute atomic E-state index is 12.7. The van der Waals surface area contributed by atoms with Crippen LogP contribution in [0.25, 0.3) is 0 Å². The molecule has 1 aromatic heterocycles. The summed E-state index contributed by atoms with van der Waals surface area (Å²) in [7, 11) is -2.82. The van der Waals surface area contributed by atoms with Gasteiger partial charge in [-0.25, -0.2) is 8.42 Å². The lowest BCUT2D eigenvalue weighted by molar-refractivity contribution is -0.141. The van der Waals surface area contributed by atoms with Crippen molar-refractivity contribution in [1.29, 1.82) is 0 Å². The van der Waals surface area contributed by atoms with Gasteiger partial charge in [-0.2, -0.15) is 13.2 Å². The summed E-state index contributed by atoms with van der Waals surface area (Å²) >= 11 is 0. The summed E-state index contributed by atoms with van der Waals surface area (Å²) < 4.78 is 61.2. The van der Waals surface area contributed by atoms with Gasteiger partial charge in [-0.1, -0.05) is 6.07 Å². The normalized spacial score (nSPS) is 30.8. The molecule has 4 nitrogen and oxygen atoms in total. The number of piperidine rings is 1. The second kappa shape index (κ2) is 6.72. The molecular weight excluding hydrogens is 377 g/mol. The summed E-state index contributed by atoms with van der Waals surface area (Å²) in [5, 5.41) is 0. The largest absolute Gasteiger partial charge is 0.433 e. The third-order valence-corrected chi connectivity index (χ3v) is 8.61. The van der Waals surface area contributed by atoms with Gasteiger partial charge in [0.15, 0.2) is 9.84 Å². The number of hydrogen-bond acceptors (Lipinski definition) is 4. The van der Waals surface area contributed by atoms with E-state index in [0.717, 1.165) is 63.2 Å². The molecule has 0 radical (unpaired) electrons. The molecule has 0 aromatic carbocycles. The molecule has 4 rings (SSSR count). The Morgan fingerprint density at radius 3 is 2.37 bits per heavy atom. The third kappa shape index (κ3) is 4.01. The predicted octanol–water partition coefficient (Wildman–Crippen LogP) is 3.64. The zero-order chi connectivity index (χ0) is 19.3. The minimum Gasteiger partial charge on any atom is -0.300 e. The Balaban J connectivity index is 1.34. The molecule has 0 bridgehead atoms. The summed E-state index contributed by atoms with van der Waals surface area (Å²) in [5.41, 5.74) is 0.0290. The van der Waals surface area contributed by atoms with Gasteiger partial charge in [0, 0.05) is 24.2 Å². The number of likely N-dealkylation sites (tertiary alicyclic amines) is 1. The first kappa shape index (κ1) is 19.2. The molecule has 3 fully saturated rings. The van der Waals surface area contributed by atoms with Crippen molar-refractivity contribution in [2.24, 2.45) is 5.41 Å². The Bertz CT molecular complexity index is 772. The number of rotatable bonds is 2. The summed E-state index contributed by atoms with van der Waals surface area (Å²) in [6, 6.07) is 3.10. The molecule has 0 amide bonds. The molecule has 3 aliphatic rings. The quantitative estimate of drug-likeness (QED) is 0.758. The maximum Gasteiger partial charge on any atom is 0.433 e. The summed E-state index contributed by atoms with van der Waals surface area (Å²) in [6.07, 6.45) is 2.95. The van der Waals surface area contributed by atoms with E-state index in [1.807, 2.05) is 0 Å². The second-order valence-electron chi connectivity index (χ2n) is 8.59. The van der Waals surface area contributed by atoms with E-state index in [-0.39, 0.29) is 11.3 Å². The highest BCUT2D eigenvalue weighted by Crippen LogP contribution is 2.43. The van der Waals surface area contributed by atoms with E-state index in [0.29, 0.717) is 17.5 Å². The molecule has 1 saturated carbocycles. The molecule has 1 spiro atoms. The molecule has 2 aliphatic heterocycles. The van der Waals surface area contributed by atoms with Crippen LogP contribution in [0.4, 0.5) is 13.2 Å². The molecule has 1 aliphatic carbocycles. The smallest absolute Gasteiger partial charge is 0.300 e. The molecule has 2 saturated heterocycles. The molecule has 0 atom stereocenters. The number of alkyl halides is 3. The highest BCUT2D eigenvalue weighted by Gasteiger charge is 2.51. The maximum atomic E-state index is 12.7. The highest BCUT2D eigenvalue weighted by atomic mass is 32.2. The van der Waals surface area contributed by atoms with E-state index >= 15 is 0 Å². The Morgan fingerprint density at radius 1 is 1.11 bits per heavy atom. The number of nitrogens with zero attached hydrogens (tertiary/aromatic N) is 2. The monoisotopic (exact) mass is 402 g/mol. The van der Waals surface area contributed by atoms with Crippen LogP contribution in [-0.2, 0) is 16.0 Å². The van der Waals surface area contributed by atoms with Crippen LogP contribution in [0.15, 0.2) is 18.3 Å². The Kier molecular flexibility index (Phi) is 4.78. The van der Waals surface area contributed by atoms with Crippen LogP contribution >= 0.6 is 0 Å². The van der Waals surface area contributed by atoms with Gasteiger partial charge in [-0.15, -0.1) is 0 Å². The van der Waals surface area contributed by atoms with Crippen molar-refractivity contribution < 1.29 is 21.6 Å². The number of sulfone groups is 1. The molecule has 150 valence electrons. The van der Waals surface area contributed by atoms with Crippen molar-refractivity contribution in [3.63, 3.8) is 0 Å². The molecule has 1 aromatic rings. The van der Waals surface area contributed by atoms with Gasteiger partial charge in [-0.05, 0) is 62.6 Å². The van der Waals surface area contributed by atoms with Crippen molar-refractivity contribution in [2.75, 3.05) is 24.6 Å². The van der Waals surface area contributed by atoms with E-state index < -0.39 is 21.7 Å². The van der Waals surface area contributed by atoms with E-state index in [2.05, 4.69) is 9.88 Å². The Hall–Kier alpha value is -1.15.